The van der Waals surface area contributed by atoms with Gasteiger partial charge in [0.1, 0.15) is 11.2 Å². The van der Waals surface area contributed by atoms with Crippen molar-refractivity contribution in [1.82, 2.24) is 9.38 Å². The summed E-state index contributed by atoms with van der Waals surface area (Å²) >= 11 is 4.81. The molecular weight excluding hydrogens is 268 g/mol. The van der Waals surface area contributed by atoms with Gasteiger partial charge in [-0.2, -0.15) is 0 Å². The summed E-state index contributed by atoms with van der Waals surface area (Å²) in [5.41, 5.74) is 1.18. The van der Waals surface area contributed by atoms with Gasteiger partial charge in [0.05, 0.1) is 3.79 Å². The van der Waals surface area contributed by atoms with E-state index < -0.39 is 5.97 Å². The standard InChI is InChI=1S/C8H7BrN2O2S/c1-2-4-6(9)14-7-5(8(12)13)10-3-11(4)7/h3H,2H2,1H3,(H,12,13). The number of aromatic carboxylic acids is 1. The molecule has 4 nitrogen and oxygen atoms in total. The fourth-order valence-electron chi connectivity index (χ4n) is 1.32. The number of carbonyl (C=O) groups is 1. The Morgan fingerprint density at radius 1 is 1.79 bits per heavy atom. The number of carboxylic acids is 1. The van der Waals surface area contributed by atoms with Crippen LogP contribution in [0.4, 0.5) is 0 Å². The Balaban J connectivity index is 2.76. The van der Waals surface area contributed by atoms with E-state index in [1.165, 1.54) is 11.3 Å². The van der Waals surface area contributed by atoms with Crippen LogP contribution in [0.3, 0.4) is 0 Å². The Hall–Kier alpha value is -0.880. The second-order valence-corrected chi connectivity index (χ2v) is 5.07. The van der Waals surface area contributed by atoms with Crippen molar-refractivity contribution in [3.8, 4) is 0 Å². The van der Waals surface area contributed by atoms with Crippen molar-refractivity contribution in [2.75, 3.05) is 0 Å². The predicted octanol–water partition coefficient (Wildman–Crippen LogP) is 2.42. The van der Waals surface area contributed by atoms with E-state index in [1.54, 1.807) is 6.33 Å². The average molecular weight is 275 g/mol. The third-order valence-electron chi connectivity index (χ3n) is 1.97. The number of aromatic nitrogens is 2. The van der Waals surface area contributed by atoms with Gasteiger partial charge in [0, 0.05) is 5.69 Å². The minimum Gasteiger partial charge on any atom is -0.476 e. The van der Waals surface area contributed by atoms with Crippen LogP contribution in [0.5, 0.6) is 0 Å². The van der Waals surface area contributed by atoms with Gasteiger partial charge in [0.25, 0.3) is 0 Å². The molecule has 14 heavy (non-hydrogen) atoms. The maximum atomic E-state index is 10.8. The molecule has 2 aromatic heterocycles. The van der Waals surface area contributed by atoms with Crippen molar-refractivity contribution in [1.29, 1.82) is 0 Å². The van der Waals surface area contributed by atoms with Gasteiger partial charge in [0.2, 0.25) is 0 Å². The van der Waals surface area contributed by atoms with Crippen LogP contribution in [0.15, 0.2) is 10.1 Å². The number of thiazole rings is 1. The maximum absolute atomic E-state index is 10.8. The molecule has 2 heterocycles. The number of halogens is 1. The lowest BCUT2D eigenvalue weighted by atomic mass is 10.4. The molecule has 0 saturated carbocycles. The Bertz CT molecular complexity index is 503. The van der Waals surface area contributed by atoms with Crippen LogP contribution < -0.4 is 0 Å². The highest BCUT2D eigenvalue weighted by Crippen LogP contribution is 2.30. The van der Waals surface area contributed by atoms with Crippen molar-refractivity contribution >= 4 is 38.1 Å². The van der Waals surface area contributed by atoms with Crippen LogP contribution >= 0.6 is 27.3 Å². The van der Waals surface area contributed by atoms with Gasteiger partial charge in [-0.3, -0.25) is 4.40 Å². The molecule has 74 valence electrons. The molecule has 0 unspecified atom stereocenters. The minimum atomic E-state index is -0.982. The lowest BCUT2D eigenvalue weighted by Gasteiger charge is -1.92. The molecule has 0 aromatic carbocycles. The Kier molecular flexibility index (Phi) is 2.32. The van der Waals surface area contributed by atoms with E-state index >= 15 is 0 Å². The quantitative estimate of drug-likeness (QED) is 0.915. The van der Waals surface area contributed by atoms with Crippen LogP contribution in [0.2, 0.25) is 0 Å². The van der Waals surface area contributed by atoms with E-state index in [9.17, 15) is 4.79 Å². The van der Waals surface area contributed by atoms with E-state index in [1.807, 2.05) is 11.3 Å². The number of carboxylic acid groups (broad SMARTS) is 1. The molecular formula is C8H7BrN2O2S. The zero-order chi connectivity index (χ0) is 10.3. The van der Waals surface area contributed by atoms with Crippen molar-refractivity contribution < 1.29 is 9.90 Å². The SMILES string of the molecule is CCc1c(Br)sc2c(C(=O)O)ncn12. The molecule has 0 spiro atoms. The van der Waals surface area contributed by atoms with E-state index in [0.717, 1.165) is 15.9 Å². The fourth-order valence-corrected chi connectivity index (χ4v) is 3.28. The summed E-state index contributed by atoms with van der Waals surface area (Å²) in [5.74, 6) is -0.982. The van der Waals surface area contributed by atoms with Crippen molar-refractivity contribution in [3.63, 3.8) is 0 Å². The van der Waals surface area contributed by atoms with Gasteiger partial charge < -0.3 is 5.11 Å². The van der Waals surface area contributed by atoms with E-state index in [0.29, 0.717) is 4.83 Å². The van der Waals surface area contributed by atoms with Gasteiger partial charge in [-0.25, -0.2) is 9.78 Å². The summed E-state index contributed by atoms with van der Waals surface area (Å²) in [6.45, 7) is 2.02. The third kappa shape index (κ3) is 1.26. The number of hydrogen-bond acceptors (Lipinski definition) is 3. The molecule has 0 aliphatic heterocycles. The highest BCUT2D eigenvalue weighted by Gasteiger charge is 2.17. The highest BCUT2D eigenvalue weighted by atomic mass is 79.9. The second-order valence-electron chi connectivity index (χ2n) is 2.75. The minimum absolute atomic E-state index is 0.121. The first kappa shape index (κ1) is 9.67. The van der Waals surface area contributed by atoms with Gasteiger partial charge >= 0.3 is 5.97 Å². The summed E-state index contributed by atoms with van der Waals surface area (Å²) in [5, 5.41) is 8.86. The normalized spacial score (nSPS) is 11.0. The van der Waals surface area contributed by atoms with Crippen LogP contribution in [-0.2, 0) is 6.42 Å². The van der Waals surface area contributed by atoms with Crippen LogP contribution in [0.1, 0.15) is 23.1 Å². The summed E-state index contributed by atoms with van der Waals surface area (Å²) in [4.78, 5) is 15.3. The zero-order valence-corrected chi connectivity index (χ0v) is 9.72. The number of nitrogens with zero attached hydrogens (tertiary/aromatic N) is 2. The molecule has 0 fully saturated rings. The van der Waals surface area contributed by atoms with E-state index in [4.69, 9.17) is 5.11 Å². The topological polar surface area (TPSA) is 54.6 Å². The Labute approximate surface area is 92.3 Å². The molecule has 0 aliphatic carbocycles. The molecule has 0 radical (unpaired) electrons. The molecule has 6 heteroatoms. The van der Waals surface area contributed by atoms with E-state index in [-0.39, 0.29) is 5.69 Å². The lowest BCUT2D eigenvalue weighted by Crippen LogP contribution is -1.95. The molecule has 0 atom stereocenters. The average Bonchev–Trinajstić information content (AvgIpc) is 2.61. The van der Waals surface area contributed by atoms with Gasteiger partial charge in [0.15, 0.2) is 5.69 Å². The highest BCUT2D eigenvalue weighted by molar-refractivity contribution is 9.11. The monoisotopic (exact) mass is 274 g/mol. The van der Waals surface area contributed by atoms with Gasteiger partial charge in [-0.15, -0.1) is 11.3 Å². The second kappa shape index (κ2) is 3.36. The number of imidazole rings is 1. The molecule has 2 aromatic rings. The molecule has 2 rings (SSSR count). The summed E-state index contributed by atoms with van der Waals surface area (Å²) in [7, 11) is 0. The Morgan fingerprint density at radius 3 is 3.07 bits per heavy atom. The summed E-state index contributed by atoms with van der Waals surface area (Å²) in [6, 6.07) is 0. The summed E-state index contributed by atoms with van der Waals surface area (Å²) in [6.07, 6.45) is 2.40. The lowest BCUT2D eigenvalue weighted by molar-refractivity contribution is 0.0693. The maximum Gasteiger partial charge on any atom is 0.357 e. The predicted molar refractivity (Wildman–Crippen MR) is 57.1 cm³/mol. The molecule has 1 N–H and O–H groups in total. The molecule has 0 amide bonds. The smallest absolute Gasteiger partial charge is 0.357 e. The Morgan fingerprint density at radius 2 is 2.50 bits per heavy atom. The first-order valence-corrected chi connectivity index (χ1v) is 5.63. The van der Waals surface area contributed by atoms with Crippen molar-refractivity contribution in [2.24, 2.45) is 0 Å². The largest absolute Gasteiger partial charge is 0.476 e. The van der Waals surface area contributed by atoms with Gasteiger partial charge in [-0.1, -0.05) is 6.92 Å². The zero-order valence-electron chi connectivity index (χ0n) is 7.32. The van der Waals surface area contributed by atoms with Crippen LogP contribution in [0, 0.1) is 0 Å². The number of aryl methyl sites for hydroxylation is 1. The van der Waals surface area contributed by atoms with Gasteiger partial charge in [-0.05, 0) is 22.4 Å². The van der Waals surface area contributed by atoms with Crippen LogP contribution in [0.25, 0.3) is 4.83 Å². The van der Waals surface area contributed by atoms with Crippen molar-refractivity contribution in [2.45, 2.75) is 13.3 Å². The number of hydrogen-bond donors (Lipinski definition) is 1. The fraction of sp³-hybridized carbons (Fsp3) is 0.250. The van der Waals surface area contributed by atoms with Crippen LogP contribution in [-0.4, -0.2) is 20.5 Å². The molecule has 0 saturated heterocycles. The van der Waals surface area contributed by atoms with Crippen molar-refractivity contribution in [3.05, 3.63) is 21.5 Å². The molecule has 0 aliphatic rings. The first-order chi connectivity index (χ1) is 6.65. The first-order valence-electron chi connectivity index (χ1n) is 4.02. The summed E-state index contributed by atoms with van der Waals surface area (Å²) < 4.78 is 2.79. The number of rotatable bonds is 2. The van der Waals surface area contributed by atoms with E-state index in [2.05, 4.69) is 20.9 Å². The third-order valence-corrected chi connectivity index (χ3v) is 3.91. The molecule has 0 bridgehead atoms. The number of fused-ring (bicyclic) bond motifs is 1.